The van der Waals surface area contributed by atoms with Crippen molar-refractivity contribution in [3.63, 3.8) is 0 Å². The predicted molar refractivity (Wildman–Crippen MR) is 86.8 cm³/mol. The summed E-state index contributed by atoms with van der Waals surface area (Å²) >= 11 is 1.65. The average Bonchev–Trinajstić information content (AvgIpc) is 3.04. The van der Waals surface area contributed by atoms with Gasteiger partial charge in [0.2, 0.25) is 0 Å². The van der Waals surface area contributed by atoms with Crippen molar-refractivity contribution in [1.82, 2.24) is 5.32 Å². The van der Waals surface area contributed by atoms with E-state index in [1.807, 2.05) is 29.6 Å². The molecule has 0 aliphatic heterocycles. The number of aliphatic hydroxyl groups excluding tert-OH is 1. The molecule has 1 aromatic heterocycles. The Labute approximate surface area is 129 Å². The molecular formula is C17H21NO2S. The standard InChI is InChI=1S/C17H21NO2S/c1-2-13-3-5-16(6-4-13)17(20)18-10-15(11-19)9-14-7-8-21-12-14/h3-8,12,15,19H,2,9-11H2,1H3,(H,18,20)/t15-/m1/s1. The van der Waals surface area contributed by atoms with Crippen LogP contribution in [0.2, 0.25) is 0 Å². The summed E-state index contributed by atoms with van der Waals surface area (Å²) in [5.41, 5.74) is 3.09. The highest BCUT2D eigenvalue weighted by atomic mass is 32.1. The van der Waals surface area contributed by atoms with Crippen molar-refractivity contribution in [3.05, 3.63) is 57.8 Å². The second kappa shape index (κ2) is 7.96. The van der Waals surface area contributed by atoms with Crippen LogP contribution in [0.5, 0.6) is 0 Å². The molecule has 1 atom stereocenters. The van der Waals surface area contributed by atoms with Gasteiger partial charge in [0.15, 0.2) is 0 Å². The monoisotopic (exact) mass is 303 g/mol. The van der Waals surface area contributed by atoms with Gasteiger partial charge in [-0.1, -0.05) is 19.1 Å². The van der Waals surface area contributed by atoms with Gasteiger partial charge >= 0.3 is 0 Å². The molecule has 1 heterocycles. The summed E-state index contributed by atoms with van der Waals surface area (Å²) in [4.78, 5) is 12.1. The van der Waals surface area contributed by atoms with E-state index in [2.05, 4.69) is 23.7 Å². The van der Waals surface area contributed by atoms with Crippen LogP contribution in [0.4, 0.5) is 0 Å². The maximum atomic E-state index is 12.1. The van der Waals surface area contributed by atoms with E-state index in [1.54, 1.807) is 11.3 Å². The zero-order chi connectivity index (χ0) is 15.1. The Morgan fingerprint density at radius 2 is 2.00 bits per heavy atom. The number of rotatable bonds is 7. The number of hydrogen-bond donors (Lipinski definition) is 2. The lowest BCUT2D eigenvalue weighted by Gasteiger charge is -2.14. The van der Waals surface area contributed by atoms with Crippen molar-refractivity contribution in [2.45, 2.75) is 19.8 Å². The first-order chi connectivity index (χ1) is 10.2. The van der Waals surface area contributed by atoms with E-state index < -0.39 is 0 Å². The second-order valence-corrected chi connectivity index (χ2v) is 5.92. The molecule has 2 N–H and O–H groups in total. The molecule has 0 saturated heterocycles. The van der Waals surface area contributed by atoms with E-state index in [0.717, 1.165) is 12.8 Å². The average molecular weight is 303 g/mol. The van der Waals surface area contributed by atoms with Crippen molar-refractivity contribution >= 4 is 17.2 Å². The third-order valence-corrected chi connectivity index (χ3v) is 4.27. The van der Waals surface area contributed by atoms with Gasteiger partial charge < -0.3 is 10.4 Å². The van der Waals surface area contributed by atoms with Crippen LogP contribution in [0.1, 0.15) is 28.4 Å². The number of aliphatic hydroxyl groups is 1. The Morgan fingerprint density at radius 3 is 2.57 bits per heavy atom. The molecule has 3 nitrogen and oxygen atoms in total. The minimum Gasteiger partial charge on any atom is -0.396 e. The first-order valence-corrected chi connectivity index (χ1v) is 8.16. The lowest BCUT2D eigenvalue weighted by atomic mass is 10.0. The van der Waals surface area contributed by atoms with Crippen molar-refractivity contribution in [2.24, 2.45) is 5.92 Å². The number of nitrogens with one attached hydrogen (secondary N) is 1. The van der Waals surface area contributed by atoms with Crippen LogP contribution in [0.25, 0.3) is 0 Å². The molecule has 0 unspecified atom stereocenters. The molecular weight excluding hydrogens is 282 g/mol. The Kier molecular flexibility index (Phi) is 5.96. The molecule has 0 radical (unpaired) electrons. The smallest absolute Gasteiger partial charge is 0.251 e. The fourth-order valence-corrected chi connectivity index (χ4v) is 2.86. The van der Waals surface area contributed by atoms with Gasteiger partial charge in [0.05, 0.1) is 0 Å². The lowest BCUT2D eigenvalue weighted by Crippen LogP contribution is -2.31. The number of aryl methyl sites for hydroxylation is 1. The lowest BCUT2D eigenvalue weighted by molar-refractivity contribution is 0.0940. The zero-order valence-electron chi connectivity index (χ0n) is 12.2. The normalized spacial score (nSPS) is 12.1. The first-order valence-electron chi connectivity index (χ1n) is 7.22. The molecule has 0 bridgehead atoms. The zero-order valence-corrected chi connectivity index (χ0v) is 13.0. The quantitative estimate of drug-likeness (QED) is 0.826. The highest BCUT2D eigenvalue weighted by Gasteiger charge is 2.12. The van der Waals surface area contributed by atoms with Crippen molar-refractivity contribution in [2.75, 3.05) is 13.2 Å². The van der Waals surface area contributed by atoms with Crippen molar-refractivity contribution < 1.29 is 9.90 Å². The third kappa shape index (κ3) is 4.69. The van der Waals surface area contributed by atoms with E-state index in [9.17, 15) is 9.90 Å². The third-order valence-electron chi connectivity index (χ3n) is 3.54. The highest BCUT2D eigenvalue weighted by molar-refractivity contribution is 7.07. The van der Waals surface area contributed by atoms with Crippen LogP contribution >= 0.6 is 11.3 Å². The van der Waals surface area contributed by atoms with Crippen LogP contribution in [-0.2, 0) is 12.8 Å². The summed E-state index contributed by atoms with van der Waals surface area (Å²) < 4.78 is 0. The molecule has 112 valence electrons. The molecule has 0 aliphatic carbocycles. The molecule has 0 saturated carbocycles. The van der Waals surface area contributed by atoms with Gasteiger partial charge in [0.25, 0.3) is 5.91 Å². The van der Waals surface area contributed by atoms with Gasteiger partial charge in [-0.15, -0.1) is 0 Å². The van der Waals surface area contributed by atoms with Crippen molar-refractivity contribution in [3.8, 4) is 0 Å². The Balaban J connectivity index is 1.86. The van der Waals surface area contributed by atoms with Gasteiger partial charge in [0, 0.05) is 24.6 Å². The topological polar surface area (TPSA) is 49.3 Å². The Morgan fingerprint density at radius 1 is 1.24 bits per heavy atom. The van der Waals surface area contributed by atoms with Crippen LogP contribution in [0, 0.1) is 5.92 Å². The summed E-state index contributed by atoms with van der Waals surface area (Å²) in [5, 5.41) is 16.4. The summed E-state index contributed by atoms with van der Waals surface area (Å²) in [6.07, 6.45) is 1.75. The van der Waals surface area contributed by atoms with Crippen LogP contribution in [0.3, 0.4) is 0 Å². The summed E-state index contributed by atoms with van der Waals surface area (Å²) in [6, 6.07) is 9.70. The molecule has 21 heavy (non-hydrogen) atoms. The molecule has 4 heteroatoms. The van der Waals surface area contributed by atoms with Crippen LogP contribution in [-0.4, -0.2) is 24.2 Å². The minimum absolute atomic E-state index is 0.0541. The van der Waals surface area contributed by atoms with Gasteiger partial charge in [-0.05, 0) is 52.9 Å². The fourth-order valence-electron chi connectivity index (χ4n) is 2.17. The van der Waals surface area contributed by atoms with Crippen LogP contribution < -0.4 is 5.32 Å². The maximum absolute atomic E-state index is 12.1. The van der Waals surface area contributed by atoms with Crippen LogP contribution in [0.15, 0.2) is 41.1 Å². The number of thiophene rings is 1. The van der Waals surface area contributed by atoms with Gasteiger partial charge in [-0.3, -0.25) is 4.79 Å². The summed E-state index contributed by atoms with van der Waals surface area (Å²) in [7, 11) is 0. The number of carbonyl (C=O) groups excluding carboxylic acids is 1. The number of carbonyl (C=O) groups is 1. The molecule has 0 aliphatic rings. The van der Waals surface area contributed by atoms with Gasteiger partial charge in [-0.25, -0.2) is 0 Å². The van der Waals surface area contributed by atoms with E-state index in [1.165, 1.54) is 11.1 Å². The SMILES string of the molecule is CCc1ccc(C(=O)NC[C@H](CO)Cc2ccsc2)cc1. The van der Waals surface area contributed by atoms with Crippen molar-refractivity contribution in [1.29, 1.82) is 0 Å². The molecule has 1 amide bonds. The summed E-state index contributed by atoms with van der Waals surface area (Å²) in [6.45, 7) is 2.65. The number of amides is 1. The van der Waals surface area contributed by atoms with E-state index in [-0.39, 0.29) is 18.4 Å². The molecule has 1 aromatic carbocycles. The van der Waals surface area contributed by atoms with E-state index >= 15 is 0 Å². The molecule has 2 aromatic rings. The molecule has 2 rings (SSSR count). The largest absolute Gasteiger partial charge is 0.396 e. The predicted octanol–water partition coefficient (Wildman–Crippen LogP) is 2.89. The maximum Gasteiger partial charge on any atom is 0.251 e. The summed E-state index contributed by atoms with van der Waals surface area (Å²) in [5.74, 6) is -0.0279. The Hall–Kier alpha value is -1.65. The molecule has 0 spiro atoms. The second-order valence-electron chi connectivity index (χ2n) is 5.14. The van der Waals surface area contributed by atoms with E-state index in [0.29, 0.717) is 12.1 Å². The highest BCUT2D eigenvalue weighted by Crippen LogP contribution is 2.12. The Bertz CT molecular complexity index is 549. The molecule has 0 fully saturated rings. The number of benzene rings is 1. The first kappa shape index (κ1) is 15.7. The van der Waals surface area contributed by atoms with Gasteiger partial charge in [0.1, 0.15) is 0 Å². The number of hydrogen-bond acceptors (Lipinski definition) is 3. The van der Waals surface area contributed by atoms with Gasteiger partial charge in [-0.2, -0.15) is 11.3 Å². The van der Waals surface area contributed by atoms with E-state index in [4.69, 9.17) is 0 Å². The fraction of sp³-hybridized carbons (Fsp3) is 0.353. The minimum atomic E-state index is -0.0820.